The van der Waals surface area contributed by atoms with Gasteiger partial charge < -0.3 is 0 Å². The number of nitrogens with zero attached hydrogens (tertiary/aromatic N) is 1. The predicted molar refractivity (Wildman–Crippen MR) is 92.3 cm³/mol. The van der Waals surface area contributed by atoms with Crippen LogP contribution in [0.25, 0.3) is 11.1 Å². The van der Waals surface area contributed by atoms with Gasteiger partial charge in [0.15, 0.2) is 0 Å². The number of rotatable bonds is 5. The van der Waals surface area contributed by atoms with Gasteiger partial charge in [0.2, 0.25) is 10.0 Å². The minimum absolute atomic E-state index is 0.172. The molecule has 26 heavy (non-hydrogen) atoms. The van der Waals surface area contributed by atoms with E-state index in [1.807, 2.05) is 0 Å². The summed E-state index contributed by atoms with van der Waals surface area (Å²) in [5, 5.41) is 5.05. The number of primary sulfonamides is 1. The van der Waals surface area contributed by atoms with Crippen LogP contribution in [0.3, 0.4) is 0 Å². The molecule has 1 aliphatic carbocycles. The van der Waals surface area contributed by atoms with Gasteiger partial charge in [-0.3, -0.25) is 4.98 Å². The quantitative estimate of drug-likeness (QED) is 0.865. The summed E-state index contributed by atoms with van der Waals surface area (Å²) in [5.74, 6) is -0.434. The van der Waals surface area contributed by atoms with Crippen molar-refractivity contribution in [3.8, 4) is 0 Å². The topological polar surface area (TPSA) is 73.1 Å². The fourth-order valence-corrected chi connectivity index (χ4v) is 3.21. The normalized spacial score (nSPS) is 16.3. The van der Waals surface area contributed by atoms with Gasteiger partial charge in [-0.2, -0.15) is 0 Å². The monoisotopic (exact) mass is 380 g/mol. The maximum Gasteiger partial charge on any atom is 0.239 e. The first-order valence-electron chi connectivity index (χ1n) is 7.61. The largest absolute Gasteiger partial charge is 0.255 e. The van der Waals surface area contributed by atoms with Crippen LogP contribution in [0, 0.1) is 11.2 Å². The summed E-state index contributed by atoms with van der Waals surface area (Å²) in [6.07, 6.45) is 3.95. The molecule has 0 bridgehead atoms. The molecule has 0 unspecified atom stereocenters. The summed E-state index contributed by atoms with van der Waals surface area (Å²) >= 11 is 0. The molecule has 0 aliphatic heterocycles. The molecule has 0 radical (unpaired) electrons. The fraction of sp³-hybridized carbons (Fsp3) is 0.167. The van der Waals surface area contributed by atoms with Crippen LogP contribution in [0.5, 0.6) is 0 Å². The Hall–Kier alpha value is -2.45. The van der Waals surface area contributed by atoms with E-state index in [1.165, 1.54) is 48.6 Å². The predicted octanol–water partition coefficient (Wildman–Crippen LogP) is 3.27. The second-order valence-corrected chi connectivity index (χ2v) is 7.61. The molecule has 1 aromatic carbocycles. The van der Waals surface area contributed by atoms with Crippen LogP contribution in [0.1, 0.15) is 11.3 Å². The molecule has 1 aromatic heterocycles. The van der Waals surface area contributed by atoms with Crippen molar-refractivity contribution in [3.63, 3.8) is 0 Å². The smallest absolute Gasteiger partial charge is 0.239 e. The van der Waals surface area contributed by atoms with Gasteiger partial charge >= 0.3 is 0 Å². The highest BCUT2D eigenvalue weighted by atomic mass is 32.2. The number of hydrogen-bond acceptors (Lipinski definition) is 3. The zero-order valence-electron chi connectivity index (χ0n) is 13.5. The summed E-state index contributed by atoms with van der Waals surface area (Å²) in [7, 11) is -3.90. The van der Waals surface area contributed by atoms with Crippen LogP contribution in [0.2, 0.25) is 0 Å². The summed E-state index contributed by atoms with van der Waals surface area (Å²) in [5.41, 5.74) is 0.402. The number of alkyl halides is 2. The number of allylic oxidation sites excluding steroid dienone is 4. The van der Waals surface area contributed by atoms with Crippen molar-refractivity contribution in [1.29, 1.82) is 0 Å². The molecule has 1 heterocycles. The first-order chi connectivity index (χ1) is 12.3. The SMILES string of the molecule is NS(=O)(=O)c1ccc(C2=CC(CF)(CF)C=C2c2ccc(F)cc2)nc1. The number of aromatic nitrogens is 1. The van der Waals surface area contributed by atoms with Crippen molar-refractivity contribution >= 4 is 21.2 Å². The van der Waals surface area contributed by atoms with E-state index in [4.69, 9.17) is 5.14 Å². The Labute approximate surface area is 148 Å². The van der Waals surface area contributed by atoms with Gasteiger partial charge in [0.25, 0.3) is 0 Å². The van der Waals surface area contributed by atoms with Gasteiger partial charge in [-0.15, -0.1) is 0 Å². The van der Waals surface area contributed by atoms with Gasteiger partial charge in [0, 0.05) is 11.8 Å². The highest BCUT2D eigenvalue weighted by Crippen LogP contribution is 2.44. The fourth-order valence-electron chi connectivity index (χ4n) is 2.75. The molecule has 136 valence electrons. The van der Waals surface area contributed by atoms with Crippen LogP contribution in [0.15, 0.2) is 59.6 Å². The maximum atomic E-state index is 13.5. The number of pyridine rings is 1. The van der Waals surface area contributed by atoms with Crippen LogP contribution >= 0.6 is 0 Å². The minimum atomic E-state index is -3.90. The third-order valence-electron chi connectivity index (χ3n) is 4.15. The Morgan fingerprint density at radius 2 is 1.58 bits per heavy atom. The zero-order valence-corrected chi connectivity index (χ0v) is 14.3. The molecule has 1 aliphatic rings. The van der Waals surface area contributed by atoms with Crippen molar-refractivity contribution in [1.82, 2.24) is 4.98 Å². The molecular formula is C18H15F3N2O2S. The van der Waals surface area contributed by atoms with E-state index in [9.17, 15) is 21.6 Å². The van der Waals surface area contributed by atoms with Gasteiger partial charge in [-0.1, -0.05) is 24.3 Å². The van der Waals surface area contributed by atoms with Crippen molar-refractivity contribution < 1.29 is 21.6 Å². The Bertz CT molecular complexity index is 978. The third kappa shape index (κ3) is 3.42. The first-order valence-corrected chi connectivity index (χ1v) is 9.16. The molecule has 0 atom stereocenters. The molecule has 3 rings (SSSR count). The average molecular weight is 380 g/mol. The molecule has 4 nitrogen and oxygen atoms in total. The zero-order chi connectivity index (χ0) is 18.9. The summed E-state index contributed by atoms with van der Waals surface area (Å²) in [6.45, 7) is -1.90. The first kappa shape index (κ1) is 18.3. The summed E-state index contributed by atoms with van der Waals surface area (Å²) < 4.78 is 62.9. The number of sulfonamides is 1. The van der Waals surface area contributed by atoms with Crippen molar-refractivity contribution in [2.45, 2.75) is 4.90 Å². The van der Waals surface area contributed by atoms with Crippen LogP contribution < -0.4 is 5.14 Å². The van der Waals surface area contributed by atoms with Crippen LogP contribution in [-0.4, -0.2) is 26.8 Å². The summed E-state index contributed by atoms with van der Waals surface area (Å²) in [4.78, 5) is 3.90. The lowest BCUT2D eigenvalue weighted by Gasteiger charge is -2.15. The highest BCUT2D eigenvalue weighted by molar-refractivity contribution is 7.89. The Kier molecular flexibility index (Phi) is 4.72. The minimum Gasteiger partial charge on any atom is -0.255 e. The Morgan fingerprint density at radius 1 is 0.962 bits per heavy atom. The van der Waals surface area contributed by atoms with Gasteiger partial charge in [-0.25, -0.2) is 26.7 Å². The van der Waals surface area contributed by atoms with Gasteiger partial charge in [0.05, 0.1) is 11.1 Å². The Balaban J connectivity index is 2.10. The lowest BCUT2D eigenvalue weighted by Crippen LogP contribution is -2.18. The van der Waals surface area contributed by atoms with E-state index in [2.05, 4.69) is 4.98 Å². The molecule has 0 amide bonds. The number of halogens is 3. The molecule has 2 N–H and O–H groups in total. The molecular weight excluding hydrogens is 365 g/mol. The van der Waals surface area contributed by atoms with E-state index in [0.29, 0.717) is 22.4 Å². The van der Waals surface area contributed by atoms with E-state index < -0.39 is 34.6 Å². The second kappa shape index (κ2) is 6.69. The molecule has 2 aromatic rings. The van der Waals surface area contributed by atoms with E-state index in [0.717, 1.165) is 6.20 Å². The Morgan fingerprint density at radius 3 is 2.08 bits per heavy atom. The summed E-state index contributed by atoms with van der Waals surface area (Å²) in [6, 6.07) is 8.17. The highest BCUT2D eigenvalue weighted by Gasteiger charge is 2.34. The van der Waals surface area contributed by atoms with E-state index in [1.54, 1.807) is 0 Å². The van der Waals surface area contributed by atoms with E-state index in [-0.39, 0.29) is 4.90 Å². The van der Waals surface area contributed by atoms with Gasteiger partial charge in [-0.05, 0) is 35.4 Å². The molecule has 0 saturated heterocycles. The van der Waals surface area contributed by atoms with Crippen molar-refractivity contribution in [3.05, 3.63) is 71.8 Å². The molecule has 0 saturated carbocycles. The van der Waals surface area contributed by atoms with Gasteiger partial charge in [0.1, 0.15) is 24.1 Å². The van der Waals surface area contributed by atoms with Crippen LogP contribution in [-0.2, 0) is 10.0 Å². The third-order valence-corrected chi connectivity index (χ3v) is 5.05. The number of hydrogen-bond donors (Lipinski definition) is 1. The maximum absolute atomic E-state index is 13.5. The lowest BCUT2D eigenvalue weighted by molar-refractivity contribution is 0.265. The molecule has 8 heteroatoms. The standard InChI is InChI=1S/C18H15F3N2O2S/c19-10-18(11-20)7-15(12-1-3-13(21)4-2-12)16(8-18)17-6-5-14(9-23-17)26(22,24)25/h1-9H,10-11H2,(H2,22,24,25). The molecule has 0 spiro atoms. The van der Waals surface area contributed by atoms with Crippen LogP contribution in [0.4, 0.5) is 13.2 Å². The second-order valence-electron chi connectivity index (χ2n) is 6.05. The van der Waals surface area contributed by atoms with Crippen molar-refractivity contribution in [2.24, 2.45) is 10.6 Å². The average Bonchev–Trinajstić information content (AvgIpc) is 3.02. The molecule has 0 fully saturated rings. The number of benzene rings is 1. The number of nitrogens with two attached hydrogens (primary N) is 1. The van der Waals surface area contributed by atoms with E-state index >= 15 is 0 Å². The lowest BCUT2D eigenvalue weighted by atomic mass is 9.93. The van der Waals surface area contributed by atoms with Crippen molar-refractivity contribution in [2.75, 3.05) is 13.3 Å².